The monoisotopic (exact) mass is 321 g/mol. The van der Waals surface area contributed by atoms with Gasteiger partial charge < -0.3 is 15.7 Å². The second-order valence-electron chi connectivity index (χ2n) is 5.62. The van der Waals surface area contributed by atoms with Gasteiger partial charge in [-0.05, 0) is 30.7 Å². The van der Waals surface area contributed by atoms with Gasteiger partial charge in [-0.25, -0.2) is 0 Å². The van der Waals surface area contributed by atoms with Gasteiger partial charge in [-0.15, -0.1) is 11.3 Å². The smallest absolute Gasteiger partial charge is 0.305 e. The van der Waals surface area contributed by atoms with Crippen molar-refractivity contribution in [1.29, 1.82) is 5.26 Å². The first kappa shape index (κ1) is 16.3. The molecule has 0 bridgehead atoms. The zero-order valence-corrected chi connectivity index (χ0v) is 13.3. The van der Waals surface area contributed by atoms with E-state index in [-0.39, 0.29) is 19.5 Å². The van der Waals surface area contributed by atoms with Gasteiger partial charge in [-0.3, -0.25) is 9.59 Å². The standard InChI is InChI=1S/C15H19N3O3S/c1-9-2-3-10-11(8-9)22-15(13(10)14(17)21)18(7-5-16)6-4-12(19)20/h9H,2-4,6-8H2,1H3,(H2,17,21)(H,19,20). The van der Waals surface area contributed by atoms with Gasteiger partial charge in [0, 0.05) is 11.4 Å². The molecule has 7 heteroatoms. The topological polar surface area (TPSA) is 107 Å². The molecule has 0 fully saturated rings. The van der Waals surface area contributed by atoms with Gasteiger partial charge in [0.15, 0.2) is 0 Å². The highest BCUT2D eigenvalue weighted by Crippen LogP contribution is 2.41. The molecule has 22 heavy (non-hydrogen) atoms. The molecule has 3 N–H and O–H groups in total. The molecule has 1 aromatic rings. The van der Waals surface area contributed by atoms with E-state index in [1.165, 1.54) is 11.3 Å². The molecule has 1 atom stereocenters. The normalized spacial score (nSPS) is 16.6. The molecule has 0 radical (unpaired) electrons. The average Bonchev–Trinajstić information content (AvgIpc) is 2.81. The van der Waals surface area contributed by atoms with Crippen LogP contribution in [0.15, 0.2) is 0 Å². The minimum absolute atomic E-state index is 0.0442. The van der Waals surface area contributed by atoms with E-state index in [9.17, 15) is 9.59 Å². The molecular formula is C15H19N3O3S. The van der Waals surface area contributed by atoms with Crippen LogP contribution in [0.3, 0.4) is 0 Å². The van der Waals surface area contributed by atoms with E-state index in [0.29, 0.717) is 16.5 Å². The number of anilines is 1. The Hall–Kier alpha value is -2.07. The Bertz CT molecular complexity index is 633. The SMILES string of the molecule is CC1CCc2c(sc(N(CC#N)CCC(=O)O)c2C(N)=O)C1. The van der Waals surface area contributed by atoms with Crippen LogP contribution >= 0.6 is 11.3 Å². The second kappa shape index (κ2) is 6.79. The van der Waals surface area contributed by atoms with Crippen LogP contribution in [-0.2, 0) is 17.6 Å². The molecule has 0 aromatic carbocycles. The lowest BCUT2D eigenvalue weighted by molar-refractivity contribution is -0.136. The highest BCUT2D eigenvalue weighted by Gasteiger charge is 2.28. The summed E-state index contributed by atoms with van der Waals surface area (Å²) in [7, 11) is 0. The van der Waals surface area contributed by atoms with E-state index in [0.717, 1.165) is 29.7 Å². The molecular weight excluding hydrogens is 302 g/mol. The number of rotatable bonds is 6. The second-order valence-corrected chi connectivity index (χ2v) is 6.70. The van der Waals surface area contributed by atoms with Crippen LogP contribution < -0.4 is 10.6 Å². The van der Waals surface area contributed by atoms with Gasteiger partial charge in [0.25, 0.3) is 5.91 Å². The molecule has 1 aliphatic rings. The predicted octanol–water partition coefficient (Wildman–Crippen LogP) is 1.78. The Labute approximate surface area is 133 Å². The van der Waals surface area contributed by atoms with E-state index in [4.69, 9.17) is 16.1 Å². The predicted molar refractivity (Wildman–Crippen MR) is 84.1 cm³/mol. The summed E-state index contributed by atoms with van der Waals surface area (Å²) < 4.78 is 0. The molecule has 2 rings (SSSR count). The molecule has 1 aromatic heterocycles. The number of primary amides is 1. The lowest BCUT2D eigenvalue weighted by Crippen LogP contribution is -2.28. The van der Waals surface area contributed by atoms with Crippen molar-refractivity contribution in [1.82, 2.24) is 0 Å². The first-order valence-electron chi connectivity index (χ1n) is 7.22. The Morgan fingerprint density at radius 3 is 2.86 bits per heavy atom. The van der Waals surface area contributed by atoms with Crippen LogP contribution in [0.5, 0.6) is 0 Å². The summed E-state index contributed by atoms with van der Waals surface area (Å²) in [5, 5.41) is 18.5. The van der Waals surface area contributed by atoms with Gasteiger partial charge in [0.1, 0.15) is 11.5 Å². The summed E-state index contributed by atoms with van der Waals surface area (Å²) in [5.41, 5.74) is 7.02. The average molecular weight is 321 g/mol. The van der Waals surface area contributed by atoms with Crippen LogP contribution in [0.1, 0.15) is 40.6 Å². The van der Waals surface area contributed by atoms with Gasteiger partial charge >= 0.3 is 5.97 Å². The number of carboxylic acids is 1. The molecule has 6 nitrogen and oxygen atoms in total. The third-order valence-corrected chi connectivity index (χ3v) is 5.20. The summed E-state index contributed by atoms with van der Waals surface area (Å²) in [4.78, 5) is 25.5. The lowest BCUT2D eigenvalue weighted by atomic mass is 9.88. The summed E-state index contributed by atoms with van der Waals surface area (Å²) in [5.74, 6) is -0.873. The first-order chi connectivity index (χ1) is 10.4. The molecule has 1 aliphatic carbocycles. The van der Waals surface area contributed by atoms with Crippen molar-refractivity contribution in [2.24, 2.45) is 11.7 Å². The Kier molecular flexibility index (Phi) is 5.03. The van der Waals surface area contributed by atoms with Crippen LogP contribution in [0.25, 0.3) is 0 Å². The van der Waals surface area contributed by atoms with Crippen molar-refractivity contribution < 1.29 is 14.7 Å². The summed E-state index contributed by atoms with van der Waals surface area (Å²) in [6, 6.07) is 2.03. The van der Waals surface area contributed by atoms with E-state index in [1.807, 2.05) is 6.07 Å². The number of amides is 1. The molecule has 0 saturated carbocycles. The third kappa shape index (κ3) is 3.39. The molecule has 0 aliphatic heterocycles. The van der Waals surface area contributed by atoms with Gasteiger partial charge in [0.2, 0.25) is 0 Å². The Morgan fingerprint density at radius 1 is 1.55 bits per heavy atom. The van der Waals surface area contributed by atoms with E-state index < -0.39 is 11.9 Å². The minimum atomic E-state index is -0.932. The number of carboxylic acid groups (broad SMARTS) is 1. The number of nitriles is 1. The number of hydrogen-bond donors (Lipinski definition) is 2. The fourth-order valence-electron chi connectivity index (χ4n) is 2.78. The zero-order chi connectivity index (χ0) is 16.3. The maximum absolute atomic E-state index is 11.9. The third-order valence-electron chi connectivity index (χ3n) is 3.88. The molecule has 1 unspecified atom stereocenters. The molecule has 0 spiro atoms. The van der Waals surface area contributed by atoms with Gasteiger partial charge in [-0.1, -0.05) is 6.92 Å². The van der Waals surface area contributed by atoms with E-state index in [1.54, 1.807) is 4.90 Å². The van der Waals surface area contributed by atoms with E-state index in [2.05, 4.69) is 6.92 Å². The fraction of sp³-hybridized carbons (Fsp3) is 0.533. The summed E-state index contributed by atoms with van der Waals surface area (Å²) in [6.07, 6.45) is 2.64. The number of carbonyl (C=O) groups excluding carboxylic acids is 1. The number of fused-ring (bicyclic) bond motifs is 1. The summed E-state index contributed by atoms with van der Waals surface area (Å²) in [6.45, 7) is 2.41. The maximum Gasteiger partial charge on any atom is 0.305 e. The largest absolute Gasteiger partial charge is 0.481 e. The zero-order valence-electron chi connectivity index (χ0n) is 12.5. The maximum atomic E-state index is 11.9. The van der Waals surface area contributed by atoms with Crippen LogP contribution in [0.4, 0.5) is 5.00 Å². The minimum Gasteiger partial charge on any atom is -0.481 e. The Balaban J connectivity index is 2.41. The van der Waals surface area contributed by atoms with Gasteiger partial charge in [-0.2, -0.15) is 5.26 Å². The number of hydrogen-bond acceptors (Lipinski definition) is 5. The van der Waals surface area contributed by atoms with Crippen LogP contribution in [0, 0.1) is 17.2 Å². The molecule has 1 heterocycles. The quantitative estimate of drug-likeness (QED) is 0.776. The Morgan fingerprint density at radius 2 is 2.27 bits per heavy atom. The van der Waals surface area contributed by atoms with E-state index >= 15 is 0 Å². The molecule has 0 saturated heterocycles. The van der Waals surface area contributed by atoms with Crippen molar-refractivity contribution in [2.45, 2.75) is 32.6 Å². The van der Waals surface area contributed by atoms with Gasteiger partial charge in [0.05, 0.1) is 18.1 Å². The number of nitrogens with two attached hydrogens (primary N) is 1. The highest BCUT2D eigenvalue weighted by atomic mass is 32.1. The fourth-order valence-corrected chi connectivity index (χ4v) is 4.32. The number of carbonyl (C=O) groups is 2. The number of thiophene rings is 1. The van der Waals surface area contributed by atoms with Crippen molar-refractivity contribution in [2.75, 3.05) is 18.0 Å². The number of nitrogens with zero attached hydrogens (tertiary/aromatic N) is 2. The van der Waals surface area contributed by atoms with Crippen LogP contribution in [-0.4, -0.2) is 30.1 Å². The van der Waals surface area contributed by atoms with Crippen LogP contribution in [0.2, 0.25) is 0 Å². The summed E-state index contributed by atoms with van der Waals surface area (Å²) >= 11 is 1.47. The van der Waals surface area contributed by atoms with Crippen molar-refractivity contribution in [3.8, 4) is 6.07 Å². The number of aliphatic carboxylic acids is 1. The van der Waals surface area contributed by atoms with Crippen molar-refractivity contribution >= 4 is 28.2 Å². The first-order valence-corrected chi connectivity index (χ1v) is 8.03. The highest BCUT2D eigenvalue weighted by molar-refractivity contribution is 7.16. The molecule has 118 valence electrons. The van der Waals surface area contributed by atoms with Crippen molar-refractivity contribution in [3.63, 3.8) is 0 Å². The van der Waals surface area contributed by atoms with Crippen molar-refractivity contribution in [3.05, 3.63) is 16.0 Å². The molecule has 1 amide bonds. The lowest BCUT2D eigenvalue weighted by Gasteiger charge is -2.20.